The first kappa shape index (κ1) is 19.6. The maximum Gasteiger partial charge on any atom is 0.436 e. The predicted molar refractivity (Wildman–Crippen MR) is 89.6 cm³/mol. The largest absolute Gasteiger partial charge is 0.436 e. The Bertz CT molecular complexity index is 824. The van der Waals surface area contributed by atoms with Crippen LogP contribution in [0, 0.1) is 18.3 Å². The van der Waals surface area contributed by atoms with E-state index in [1.165, 1.54) is 6.92 Å². The number of nitrogens with one attached hydrogen (secondary N) is 2. The summed E-state index contributed by atoms with van der Waals surface area (Å²) < 4.78 is 39.2. The average molecular weight is 386 g/mol. The SMILES string of the molecule is Cc1c(Cl)c(C(F)(F)F)nn1CC(=O)NCCNc1ccc(C#N)cc1. The van der Waals surface area contributed by atoms with Crippen LogP contribution in [0.2, 0.25) is 5.02 Å². The van der Waals surface area contributed by atoms with E-state index in [2.05, 4.69) is 15.7 Å². The summed E-state index contributed by atoms with van der Waals surface area (Å²) in [5.41, 5.74) is 0.190. The van der Waals surface area contributed by atoms with Gasteiger partial charge in [0.25, 0.3) is 0 Å². The van der Waals surface area contributed by atoms with Crippen molar-refractivity contribution in [3.05, 3.63) is 46.2 Å². The Balaban J connectivity index is 1.83. The van der Waals surface area contributed by atoms with Gasteiger partial charge in [-0.25, -0.2) is 0 Å². The normalized spacial score (nSPS) is 11.1. The molecule has 6 nitrogen and oxygen atoms in total. The molecule has 0 spiro atoms. The fourth-order valence-electron chi connectivity index (χ4n) is 2.12. The first-order valence-corrected chi connectivity index (χ1v) is 7.91. The van der Waals surface area contributed by atoms with Crippen molar-refractivity contribution in [1.29, 1.82) is 5.26 Å². The Labute approximate surface area is 152 Å². The molecule has 2 rings (SSSR count). The zero-order valence-electron chi connectivity index (χ0n) is 13.7. The highest BCUT2D eigenvalue weighted by Gasteiger charge is 2.38. The lowest BCUT2D eigenvalue weighted by molar-refractivity contribution is -0.141. The zero-order valence-corrected chi connectivity index (χ0v) is 14.4. The molecule has 1 aromatic carbocycles. The summed E-state index contributed by atoms with van der Waals surface area (Å²) in [4.78, 5) is 11.9. The monoisotopic (exact) mass is 385 g/mol. The van der Waals surface area contributed by atoms with Crippen LogP contribution >= 0.6 is 11.6 Å². The number of benzene rings is 1. The second-order valence-electron chi connectivity index (χ2n) is 5.37. The zero-order chi connectivity index (χ0) is 19.3. The molecule has 1 heterocycles. The molecule has 0 atom stereocenters. The Morgan fingerprint density at radius 3 is 2.50 bits per heavy atom. The molecule has 0 aliphatic heterocycles. The third kappa shape index (κ3) is 4.89. The molecular weight excluding hydrogens is 371 g/mol. The lowest BCUT2D eigenvalue weighted by atomic mass is 10.2. The second kappa shape index (κ2) is 8.10. The fourth-order valence-corrected chi connectivity index (χ4v) is 2.37. The number of nitrogens with zero attached hydrogens (tertiary/aromatic N) is 3. The molecule has 2 N–H and O–H groups in total. The number of rotatable bonds is 6. The van der Waals surface area contributed by atoms with E-state index in [0.717, 1.165) is 10.4 Å². The molecule has 0 fully saturated rings. The Kier molecular flexibility index (Phi) is 6.10. The highest BCUT2D eigenvalue weighted by Crippen LogP contribution is 2.35. The molecule has 26 heavy (non-hydrogen) atoms. The molecule has 138 valence electrons. The number of hydrogen-bond acceptors (Lipinski definition) is 4. The minimum absolute atomic E-state index is 0.0739. The van der Waals surface area contributed by atoms with Crippen LogP contribution < -0.4 is 10.6 Å². The van der Waals surface area contributed by atoms with Gasteiger partial charge in [-0.15, -0.1) is 0 Å². The lowest BCUT2D eigenvalue weighted by Gasteiger charge is -2.09. The van der Waals surface area contributed by atoms with Crippen LogP contribution in [0.3, 0.4) is 0 Å². The Morgan fingerprint density at radius 1 is 1.31 bits per heavy atom. The van der Waals surface area contributed by atoms with Gasteiger partial charge in [0.15, 0.2) is 5.69 Å². The van der Waals surface area contributed by atoms with E-state index in [1.807, 2.05) is 6.07 Å². The first-order valence-electron chi connectivity index (χ1n) is 7.53. The highest BCUT2D eigenvalue weighted by atomic mass is 35.5. The summed E-state index contributed by atoms with van der Waals surface area (Å²) in [6, 6.07) is 8.78. The molecule has 1 amide bonds. The van der Waals surface area contributed by atoms with Gasteiger partial charge in [-0.05, 0) is 31.2 Å². The summed E-state index contributed by atoms with van der Waals surface area (Å²) in [5.74, 6) is -0.484. The quantitative estimate of drug-likeness (QED) is 0.749. The third-order valence-corrected chi connectivity index (χ3v) is 3.94. The van der Waals surface area contributed by atoms with E-state index in [1.54, 1.807) is 24.3 Å². The van der Waals surface area contributed by atoms with E-state index >= 15 is 0 Å². The number of alkyl halides is 3. The van der Waals surface area contributed by atoms with Gasteiger partial charge in [0.05, 0.1) is 22.3 Å². The van der Waals surface area contributed by atoms with Gasteiger partial charge in [-0.3, -0.25) is 9.48 Å². The van der Waals surface area contributed by atoms with Gasteiger partial charge in [0, 0.05) is 18.8 Å². The maximum absolute atomic E-state index is 12.7. The van der Waals surface area contributed by atoms with Crippen LogP contribution in [0.5, 0.6) is 0 Å². The molecule has 1 aromatic heterocycles. The van der Waals surface area contributed by atoms with Gasteiger partial charge in [-0.1, -0.05) is 11.6 Å². The van der Waals surface area contributed by atoms with Crippen molar-refractivity contribution in [2.75, 3.05) is 18.4 Å². The first-order chi connectivity index (χ1) is 12.2. The van der Waals surface area contributed by atoms with Crippen molar-refractivity contribution < 1.29 is 18.0 Å². The second-order valence-corrected chi connectivity index (χ2v) is 5.75. The van der Waals surface area contributed by atoms with Crippen LogP contribution in [-0.4, -0.2) is 28.8 Å². The molecule has 10 heteroatoms. The Morgan fingerprint density at radius 2 is 1.96 bits per heavy atom. The van der Waals surface area contributed by atoms with Gasteiger partial charge in [0.1, 0.15) is 6.54 Å². The summed E-state index contributed by atoms with van der Waals surface area (Å²) in [7, 11) is 0. The number of halogens is 4. The molecule has 2 aromatic rings. The summed E-state index contributed by atoms with van der Waals surface area (Å²) >= 11 is 5.63. The van der Waals surface area contributed by atoms with Crippen molar-refractivity contribution >= 4 is 23.2 Å². The van der Waals surface area contributed by atoms with Crippen LogP contribution in [0.25, 0.3) is 0 Å². The number of amides is 1. The van der Waals surface area contributed by atoms with Crippen molar-refractivity contribution in [1.82, 2.24) is 15.1 Å². The molecule has 0 aliphatic rings. The van der Waals surface area contributed by atoms with Gasteiger partial charge < -0.3 is 10.6 Å². The maximum atomic E-state index is 12.7. The van der Waals surface area contributed by atoms with Crippen LogP contribution in [0.4, 0.5) is 18.9 Å². The number of carbonyl (C=O) groups excluding carboxylic acids is 1. The van der Waals surface area contributed by atoms with E-state index in [-0.39, 0.29) is 18.8 Å². The minimum atomic E-state index is -4.67. The number of anilines is 1. The Hall–Kier alpha value is -2.73. The van der Waals surface area contributed by atoms with Crippen LogP contribution in [0.15, 0.2) is 24.3 Å². The van der Waals surface area contributed by atoms with Gasteiger partial charge >= 0.3 is 6.18 Å². The van der Waals surface area contributed by atoms with E-state index in [0.29, 0.717) is 12.1 Å². The molecule has 0 bridgehead atoms. The van der Waals surface area contributed by atoms with Crippen LogP contribution in [0.1, 0.15) is 17.0 Å². The van der Waals surface area contributed by atoms with E-state index in [9.17, 15) is 18.0 Å². The van der Waals surface area contributed by atoms with Crippen molar-refractivity contribution in [2.45, 2.75) is 19.6 Å². The van der Waals surface area contributed by atoms with Crippen molar-refractivity contribution in [3.63, 3.8) is 0 Å². The summed E-state index contributed by atoms with van der Waals surface area (Å²) in [6.07, 6.45) is -4.67. The number of nitriles is 1. The molecule has 0 radical (unpaired) electrons. The molecule has 0 saturated carbocycles. The smallest absolute Gasteiger partial charge is 0.383 e. The van der Waals surface area contributed by atoms with Crippen molar-refractivity contribution in [3.8, 4) is 6.07 Å². The lowest BCUT2D eigenvalue weighted by Crippen LogP contribution is -2.32. The molecular formula is C16H15ClF3N5O. The van der Waals surface area contributed by atoms with E-state index < -0.39 is 22.8 Å². The average Bonchev–Trinajstić information content (AvgIpc) is 2.88. The summed E-state index contributed by atoms with van der Waals surface area (Å²) in [6.45, 7) is 1.67. The van der Waals surface area contributed by atoms with Crippen LogP contribution in [-0.2, 0) is 17.5 Å². The van der Waals surface area contributed by atoms with Gasteiger partial charge in [0.2, 0.25) is 5.91 Å². The number of carbonyl (C=O) groups is 1. The van der Waals surface area contributed by atoms with Gasteiger partial charge in [-0.2, -0.15) is 23.5 Å². The predicted octanol–water partition coefficient (Wildman–Crippen LogP) is 2.96. The standard InChI is InChI=1S/C16H15ClF3N5O/c1-10-14(17)15(16(18,19)20)24-25(10)9-13(26)23-7-6-22-12-4-2-11(8-21)3-5-12/h2-5,22H,6-7,9H2,1H3,(H,23,26). The number of aromatic nitrogens is 2. The molecule has 0 aliphatic carbocycles. The third-order valence-electron chi connectivity index (χ3n) is 3.49. The molecule has 0 unspecified atom stereocenters. The minimum Gasteiger partial charge on any atom is -0.383 e. The summed E-state index contributed by atoms with van der Waals surface area (Å²) in [5, 5.41) is 17.2. The number of hydrogen-bond donors (Lipinski definition) is 2. The topological polar surface area (TPSA) is 82.7 Å². The molecule has 0 saturated heterocycles. The highest BCUT2D eigenvalue weighted by molar-refractivity contribution is 6.32. The van der Waals surface area contributed by atoms with Crippen molar-refractivity contribution in [2.24, 2.45) is 0 Å². The fraction of sp³-hybridized carbons (Fsp3) is 0.312. The van der Waals surface area contributed by atoms with E-state index in [4.69, 9.17) is 16.9 Å².